The molecule has 1 aromatic carbocycles. The van der Waals surface area contributed by atoms with E-state index in [2.05, 4.69) is 5.32 Å². The number of aliphatic carboxylic acids is 1. The Bertz CT molecular complexity index is 535. The SMILES string of the molecule is Cc1cccc([C@H](NC(=O)[C@H]2CCCOC2)C(=O)O)c1C. The first-order valence-corrected chi connectivity index (χ1v) is 7.17. The van der Waals surface area contributed by atoms with Gasteiger partial charge in [0.1, 0.15) is 0 Å². The quantitative estimate of drug-likeness (QED) is 0.889. The van der Waals surface area contributed by atoms with Gasteiger partial charge >= 0.3 is 5.97 Å². The molecule has 2 N–H and O–H groups in total. The van der Waals surface area contributed by atoms with E-state index < -0.39 is 12.0 Å². The smallest absolute Gasteiger partial charge is 0.330 e. The lowest BCUT2D eigenvalue weighted by Crippen LogP contribution is -2.40. The minimum absolute atomic E-state index is 0.247. The monoisotopic (exact) mass is 291 g/mol. The molecule has 1 aliphatic rings. The van der Waals surface area contributed by atoms with Gasteiger partial charge in [-0.2, -0.15) is 0 Å². The molecule has 0 aliphatic carbocycles. The predicted molar refractivity (Wildman–Crippen MR) is 78.0 cm³/mol. The molecule has 1 fully saturated rings. The van der Waals surface area contributed by atoms with Crippen LogP contribution in [0.4, 0.5) is 0 Å². The van der Waals surface area contributed by atoms with Crippen molar-refractivity contribution in [2.24, 2.45) is 5.92 Å². The third kappa shape index (κ3) is 3.61. The highest BCUT2D eigenvalue weighted by Crippen LogP contribution is 2.22. The van der Waals surface area contributed by atoms with Crippen LogP contribution in [0, 0.1) is 19.8 Å². The van der Waals surface area contributed by atoms with Gasteiger partial charge in [0.25, 0.3) is 0 Å². The molecule has 0 spiro atoms. The summed E-state index contributed by atoms with van der Waals surface area (Å²) in [6.07, 6.45) is 1.57. The second-order valence-corrected chi connectivity index (χ2v) is 5.48. The fourth-order valence-corrected chi connectivity index (χ4v) is 2.57. The van der Waals surface area contributed by atoms with Crippen molar-refractivity contribution in [1.29, 1.82) is 0 Å². The zero-order chi connectivity index (χ0) is 15.4. The first-order chi connectivity index (χ1) is 10.0. The summed E-state index contributed by atoms with van der Waals surface area (Å²) in [4.78, 5) is 23.8. The minimum atomic E-state index is -1.05. The number of hydrogen-bond donors (Lipinski definition) is 2. The number of carboxylic acids is 1. The molecule has 114 valence electrons. The molecule has 0 bridgehead atoms. The first-order valence-electron chi connectivity index (χ1n) is 7.17. The highest BCUT2D eigenvalue weighted by atomic mass is 16.5. The number of benzene rings is 1. The number of carbonyl (C=O) groups is 2. The van der Waals surface area contributed by atoms with E-state index in [0.29, 0.717) is 18.8 Å². The van der Waals surface area contributed by atoms with Crippen molar-refractivity contribution in [3.8, 4) is 0 Å². The summed E-state index contributed by atoms with van der Waals surface area (Å²) in [5.74, 6) is -1.55. The average molecular weight is 291 g/mol. The number of aryl methyl sites for hydroxylation is 1. The highest BCUT2D eigenvalue weighted by Gasteiger charge is 2.28. The Balaban J connectivity index is 2.17. The van der Waals surface area contributed by atoms with E-state index in [-0.39, 0.29) is 11.8 Å². The van der Waals surface area contributed by atoms with Crippen molar-refractivity contribution in [2.45, 2.75) is 32.7 Å². The number of amides is 1. The summed E-state index contributed by atoms with van der Waals surface area (Å²) in [5.41, 5.74) is 2.53. The van der Waals surface area contributed by atoms with Crippen LogP contribution >= 0.6 is 0 Å². The molecule has 2 rings (SSSR count). The molecule has 0 unspecified atom stereocenters. The van der Waals surface area contributed by atoms with Gasteiger partial charge in [0.05, 0.1) is 12.5 Å². The van der Waals surface area contributed by atoms with Crippen LogP contribution in [0.1, 0.15) is 35.6 Å². The van der Waals surface area contributed by atoms with Gasteiger partial charge in [-0.1, -0.05) is 18.2 Å². The molecule has 2 atom stereocenters. The summed E-state index contributed by atoms with van der Waals surface area (Å²) in [5, 5.41) is 12.1. The maximum absolute atomic E-state index is 12.2. The van der Waals surface area contributed by atoms with Crippen LogP contribution in [0.5, 0.6) is 0 Å². The molecule has 5 heteroatoms. The van der Waals surface area contributed by atoms with Crippen LogP contribution in [-0.2, 0) is 14.3 Å². The normalized spacial score (nSPS) is 19.8. The van der Waals surface area contributed by atoms with Crippen molar-refractivity contribution in [3.05, 3.63) is 34.9 Å². The van der Waals surface area contributed by atoms with Gasteiger partial charge in [-0.25, -0.2) is 4.79 Å². The topological polar surface area (TPSA) is 75.6 Å². The largest absolute Gasteiger partial charge is 0.479 e. The Morgan fingerprint density at radius 1 is 1.38 bits per heavy atom. The molecule has 21 heavy (non-hydrogen) atoms. The first kappa shape index (κ1) is 15.5. The van der Waals surface area contributed by atoms with Crippen LogP contribution < -0.4 is 5.32 Å². The molecule has 0 radical (unpaired) electrons. The second kappa shape index (κ2) is 6.72. The Kier molecular flexibility index (Phi) is 4.96. The fourth-order valence-electron chi connectivity index (χ4n) is 2.57. The molecule has 1 saturated heterocycles. The van der Waals surface area contributed by atoms with Gasteiger partial charge < -0.3 is 15.2 Å². The second-order valence-electron chi connectivity index (χ2n) is 5.48. The zero-order valence-corrected chi connectivity index (χ0v) is 12.4. The highest BCUT2D eigenvalue weighted by molar-refractivity contribution is 5.86. The van der Waals surface area contributed by atoms with Crippen LogP contribution in [0.25, 0.3) is 0 Å². The van der Waals surface area contributed by atoms with E-state index in [1.54, 1.807) is 6.07 Å². The van der Waals surface area contributed by atoms with Crippen LogP contribution in [0.2, 0.25) is 0 Å². The molecular formula is C16H21NO4. The Morgan fingerprint density at radius 3 is 2.76 bits per heavy atom. The van der Waals surface area contributed by atoms with Gasteiger partial charge in [-0.3, -0.25) is 4.79 Å². The maximum atomic E-state index is 12.2. The van der Waals surface area contributed by atoms with Crippen molar-refractivity contribution in [2.75, 3.05) is 13.2 Å². The third-order valence-electron chi connectivity index (χ3n) is 4.02. The van der Waals surface area contributed by atoms with Gasteiger partial charge in [0.15, 0.2) is 6.04 Å². The van der Waals surface area contributed by atoms with E-state index in [1.165, 1.54) is 0 Å². The summed E-state index contributed by atoms with van der Waals surface area (Å²) in [6.45, 7) is 4.83. The lowest BCUT2D eigenvalue weighted by atomic mass is 9.96. The third-order valence-corrected chi connectivity index (χ3v) is 4.02. The molecule has 1 amide bonds. The molecular weight excluding hydrogens is 270 g/mol. The Hall–Kier alpha value is -1.88. The number of carbonyl (C=O) groups excluding carboxylic acids is 1. The number of hydrogen-bond acceptors (Lipinski definition) is 3. The number of nitrogens with one attached hydrogen (secondary N) is 1. The molecule has 1 heterocycles. The number of ether oxygens (including phenoxy) is 1. The van der Waals surface area contributed by atoms with E-state index in [1.807, 2.05) is 26.0 Å². The van der Waals surface area contributed by atoms with Crippen molar-refractivity contribution in [1.82, 2.24) is 5.32 Å². The predicted octanol–water partition coefficient (Wildman–Crippen LogP) is 1.97. The summed E-state index contributed by atoms with van der Waals surface area (Å²) in [7, 11) is 0. The zero-order valence-electron chi connectivity index (χ0n) is 12.4. The molecule has 1 aliphatic heterocycles. The van der Waals surface area contributed by atoms with Gasteiger partial charge in [0.2, 0.25) is 5.91 Å². The average Bonchev–Trinajstić information content (AvgIpc) is 2.48. The van der Waals surface area contributed by atoms with Crippen LogP contribution in [-0.4, -0.2) is 30.2 Å². The summed E-state index contributed by atoms with van der Waals surface area (Å²) >= 11 is 0. The van der Waals surface area contributed by atoms with Crippen molar-refractivity contribution in [3.63, 3.8) is 0 Å². The molecule has 0 aromatic heterocycles. The Labute approximate surface area is 124 Å². The summed E-state index contributed by atoms with van der Waals surface area (Å²) in [6, 6.07) is 4.47. The lowest BCUT2D eigenvalue weighted by molar-refractivity contribution is -0.143. The number of carboxylic acid groups (broad SMARTS) is 1. The van der Waals surface area contributed by atoms with E-state index >= 15 is 0 Å². The van der Waals surface area contributed by atoms with E-state index in [0.717, 1.165) is 24.0 Å². The van der Waals surface area contributed by atoms with E-state index in [4.69, 9.17) is 4.74 Å². The maximum Gasteiger partial charge on any atom is 0.330 e. The Morgan fingerprint density at radius 2 is 2.14 bits per heavy atom. The van der Waals surface area contributed by atoms with E-state index in [9.17, 15) is 14.7 Å². The van der Waals surface area contributed by atoms with Crippen molar-refractivity contribution >= 4 is 11.9 Å². The minimum Gasteiger partial charge on any atom is -0.479 e. The van der Waals surface area contributed by atoms with Crippen LogP contribution in [0.15, 0.2) is 18.2 Å². The molecule has 5 nitrogen and oxygen atoms in total. The fraction of sp³-hybridized carbons (Fsp3) is 0.500. The van der Waals surface area contributed by atoms with Gasteiger partial charge in [-0.05, 0) is 43.4 Å². The molecule has 1 aromatic rings. The van der Waals surface area contributed by atoms with Gasteiger partial charge in [-0.15, -0.1) is 0 Å². The lowest BCUT2D eigenvalue weighted by Gasteiger charge is -2.24. The van der Waals surface area contributed by atoms with Crippen molar-refractivity contribution < 1.29 is 19.4 Å². The molecule has 0 saturated carbocycles. The van der Waals surface area contributed by atoms with Gasteiger partial charge in [0, 0.05) is 6.61 Å². The van der Waals surface area contributed by atoms with Crippen LogP contribution in [0.3, 0.4) is 0 Å². The standard InChI is InChI=1S/C16H21NO4/c1-10-5-3-7-13(11(10)2)14(16(19)20)17-15(18)12-6-4-8-21-9-12/h3,5,7,12,14H,4,6,8-9H2,1-2H3,(H,17,18)(H,19,20)/t12-,14-/m0/s1. The summed E-state index contributed by atoms with van der Waals surface area (Å²) < 4.78 is 5.29. The number of rotatable bonds is 4.